The second-order valence-electron chi connectivity index (χ2n) is 4.79. The Kier molecular flexibility index (Phi) is 5.38. The largest absolute Gasteiger partial charge is 0.305 e. The van der Waals surface area contributed by atoms with Gasteiger partial charge in [-0.15, -0.1) is 0 Å². The van der Waals surface area contributed by atoms with Gasteiger partial charge in [-0.3, -0.25) is 0 Å². The molecule has 0 aliphatic carbocycles. The number of nitrogens with zero attached hydrogens (tertiary/aromatic N) is 1. The maximum atomic E-state index is 5.56. The number of rotatable bonds is 5. The van der Waals surface area contributed by atoms with Crippen molar-refractivity contribution in [2.75, 3.05) is 7.05 Å². The van der Waals surface area contributed by atoms with Crippen molar-refractivity contribution in [3.8, 4) is 11.1 Å². The summed E-state index contributed by atoms with van der Waals surface area (Å²) >= 11 is 1.64. The summed E-state index contributed by atoms with van der Waals surface area (Å²) in [7, 11) is 9.09. The molecule has 0 spiro atoms. The van der Waals surface area contributed by atoms with Crippen molar-refractivity contribution in [3.05, 3.63) is 53.6 Å². The van der Waals surface area contributed by atoms with Gasteiger partial charge in [0.05, 0.1) is 0 Å². The van der Waals surface area contributed by atoms with Crippen LogP contribution >= 0.6 is 11.9 Å². The average Bonchev–Trinajstić information content (AvgIpc) is 2.48. The zero-order chi connectivity index (χ0) is 14.5. The monoisotopic (exact) mass is 278 g/mol. The van der Waals surface area contributed by atoms with E-state index < -0.39 is 0 Å². The first-order chi connectivity index (χ1) is 9.65. The minimum atomic E-state index is 1.07. The van der Waals surface area contributed by atoms with Crippen molar-refractivity contribution in [2.24, 2.45) is 0 Å². The maximum absolute atomic E-state index is 5.56. The lowest BCUT2D eigenvalue weighted by molar-refractivity contribution is 0.909. The Hall–Kier alpha value is -1.12. The highest BCUT2D eigenvalue weighted by molar-refractivity contribution is 7.98. The first kappa shape index (κ1) is 15.3. The Labute approximate surface area is 128 Å². The first-order valence-corrected chi connectivity index (χ1v) is 7.57. The quantitative estimate of drug-likeness (QED) is 0.603. The third kappa shape index (κ3) is 3.50. The van der Waals surface area contributed by atoms with Crippen molar-refractivity contribution >= 4 is 27.0 Å². The summed E-state index contributed by atoms with van der Waals surface area (Å²) in [5, 5.41) is 0. The van der Waals surface area contributed by atoms with Crippen LogP contribution in [0, 0.1) is 6.92 Å². The molecule has 1 nitrogen and oxygen atoms in total. The predicted octanol–water partition coefficient (Wildman–Crippen LogP) is 3.87. The van der Waals surface area contributed by atoms with Gasteiger partial charge in [-0.2, -0.15) is 0 Å². The van der Waals surface area contributed by atoms with E-state index in [9.17, 15) is 0 Å². The summed E-state index contributed by atoms with van der Waals surface area (Å²) in [6, 6.07) is 15.1. The fourth-order valence-corrected chi connectivity index (χ4v) is 2.99. The SMILES string of the molecule is [B][B]N(C)Sc1ccccc1-c1ccc(CC)cc1C. The molecule has 0 N–H and O–H groups in total. The number of aryl methyl sites for hydroxylation is 2. The molecular weight excluding hydrogens is 260 g/mol. The fourth-order valence-electron chi connectivity index (χ4n) is 2.20. The first-order valence-electron chi connectivity index (χ1n) is 6.80. The van der Waals surface area contributed by atoms with Crippen LogP contribution in [-0.2, 0) is 6.42 Å². The van der Waals surface area contributed by atoms with Crippen LogP contribution < -0.4 is 0 Å². The van der Waals surface area contributed by atoms with Crippen LogP contribution in [0.1, 0.15) is 18.1 Å². The van der Waals surface area contributed by atoms with Crippen molar-refractivity contribution in [3.63, 3.8) is 0 Å². The lowest BCUT2D eigenvalue weighted by Gasteiger charge is -2.17. The van der Waals surface area contributed by atoms with E-state index in [4.69, 9.17) is 7.74 Å². The van der Waals surface area contributed by atoms with Gasteiger partial charge in [-0.1, -0.05) is 55.3 Å². The second kappa shape index (κ2) is 7.05. The average molecular weight is 278 g/mol. The summed E-state index contributed by atoms with van der Waals surface area (Å²) in [5.74, 6) is 0. The smallest absolute Gasteiger partial charge is 0.164 e. The van der Waals surface area contributed by atoms with Gasteiger partial charge in [0.15, 0.2) is 7.31 Å². The van der Waals surface area contributed by atoms with Crippen molar-refractivity contribution in [1.29, 1.82) is 0 Å². The van der Waals surface area contributed by atoms with E-state index in [2.05, 4.69) is 56.3 Å². The standard InChI is InChI=1S/C16H18B2NS/c1-4-13-9-10-14(12(2)11-13)15-7-5-6-8-16(15)20-19(3)18-17/h5-11H,4H2,1-3H3. The van der Waals surface area contributed by atoms with Crippen LogP contribution in [0.5, 0.6) is 0 Å². The van der Waals surface area contributed by atoms with Gasteiger partial charge in [-0.05, 0) is 48.7 Å². The van der Waals surface area contributed by atoms with Crippen LogP contribution in [0.3, 0.4) is 0 Å². The van der Waals surface area contributed by atoms with E-state index in [1.54, 1.807) is 19.3 Å². The molecule has 99 valence electrons. The fraction of sp³-hybridized carbons (Fsp3) is 0.250. The summed E-state index contributed by atoms with van der Waals surface area (Å²) in [6.07, 6.45) is 1.07. The molecule has 0 unspecified atom stereocenters. The Balaban J connectivity index is 2.42. The molecule has 0 bridgehead atoms. The molecule has 20 heavy (non-hydrogen) atoms. The minimum Gasteiger partial charge on any atom is -0.305 e. The van der Waals surface area contributed by atoms with Gasteiger partial charge in [0.1, 0.15) is 0 Å². The molecule has 0 amide bonds. The summed E-state index contributed by atoms with van der Waals surface area (Å²) < 4.78 is 1.91. The number of hydrogen-bond donors (Lipinski definition) is 0. The Morgan fingerprint density at radius 3 is 2.55 bits per heavy atom. The van der Waals surface area contributed by atoms with Gasteiger partial charge in [0, 0.05) is 12.6 Å². The van der Waals surface area contributed by atoms with Gasteiger partial charge >= 0.3 is 0 Å². The number of hydrogen-bond acceptors (Lipinski definition) is 2. The van der Waals surface area contributed by atoms with Gasteiger partial charge in [0.25, 0.3) is 0 Å². The highest BCUT2D eigenvalue weighted by Crippen LogP contribution is 2.34. The molecule has 0 heterocycles. The third-order valence-corrected chi connectivity index (χ3v) is 4.29. The summed E-state index contributed by atoms with van der Waals surface area (Å²) in [6.45, 7) is 4.36. The van der Waals surface area contributed by atoms with Crippen LogP contribution in [0.2, 0.25) is 0 Å². The molecule has 3 radical (unpaired) electrons. The molecule has 0 aliphatic heterocycles. The van der Waals surface area contributed by atoms with Crippen LogP contribution in [-0.4, -0.2) is 26.3 Å². The van der Waals surface area contributed by atoms with Crippen LogP contribution in [0.25, 0.3) is 11.1 Å². The zero-order valence-corrected chi connectivity index (χ0v) is 13.1. The molecule has 2 aromatic rings. The van der Waals surface area contributed by atoms with E-state index in [1.807, 2.05) is 11.3 Å². The van der Waals surface area contributed by atoms with Crippen LogP contribution in [0.4, 0.5) is 0 Å². The van der Waals surface area contributed by atoms with E-state index in [0.29, 0.717) is 0 Å². The van der Waals surface area contributed by atoms with E-state index in [-0.39, 0.29) is 0 Å². The molecule has 0 aliphatic rings. The molecular formula is C16H18B2NS. The Morgan fingerprint density at radius 2 is 1.90 bits per heavy atom. The van der Waals surface area contributed by atoms with Crippen molar-refractivity contribution < 1.29 is 0 Å². The van der Waals surface area contributed by atoms with Gasteiger partial charge in [-0.25, -0.2) is 0 Å². The lowest BCUT2D eigenvalue weighted by atomic mass is 9.67. The topological polar surface area (TPSA) is 3.24 Å². The van der Waals surface area contributed by atoms with Gasteiger partial charge < -0.3 is 4.22 Å². The molecule has 0 saturated heterocycles. The van der Waals surface area contributed by atoms with Crippen molar-refractivity contribution in [1.82, 2.24) is 4.22 Å². The molecule has 0 aromatic heterocycles. The normalized spacial score (nSPS) is 10.8. The van der Waals surface area contributed by atoms with E-state index in [1.165, 1.54) is 27.1 Å². The molecule has 2 rings (SSSR count). The highest BCUT2D eigenvalue weighted by Gasteiger charge is 2.09. The number of benzene rings is 2. The summed E-state index contributed by atoms with van der Waals surface area (Å²) in [5.41, 5.74) is 5.24. The van der Waals surface area contributed by atoms with E-state index >= 15 is 0 Å². The lowest BCUT2D eigenvalue weighted by Crippen LogP contribution is -2.14. The molecule has 0 saturated carbocycles. The Bertz CT molecular complexity index is 586. The van der Waals surface area contributed by atoms with E-state index in [0.717, 1.165) is 6.42 Å². The molecule has 2 aromatic carbocycles. The zero-order valence-electron chi connectivity index (χ0n) is 12.3. The molecule has 4 heteroatoms. The summed E-state index contributed by atoms with van der Waals surface area (Å²) in [4.78, 5) is 1.21. The van der Waals surface area contributed by atoms with Gasteiger partial charge in [0.2, 0.25) is 0 Å². The van der Waals surface area contributed by atoms with Crippen molar-refractivity contribution in [2.45, 2.75) is 25.2 Å². The third-order valence-electron chi connectivity index (χ3n) is 3.33. The predicted molar refractivity (Wildman–Crippen MR) is 91.1 cm³/mol. The second-order valence-corrected chi connectivity index (χ2v) is 5.98. The Morgan fingerprint density at radius 1 is 1.15 bits per heavy atom. The van der Waals surface area contributed by atoms with Crippen LogP contribution in [0.15, 0.2) is 47.4 Å². The molecule has 0 fully saturated rings. The highest BCUT2D eigenvalue weighted by atomic mass is 32.2. The molecule has 0 atom stereocenters. The maximum Gasteiger partial charge on any atom is 0.164 e. The minimum absolute atomic E-state index is 1.07.